The lowest BCUT2D eigenvalue weighted by atomic mass is 9.95. The quantitative estimate of drug-likeness (QED) is 0.613. The molecule has 3 amide bonds. The molecule has 0 radical (unpaired) electrons. The average Bonchev–Trinajstić information content (AvgIpc) is 2.99. The number of hydrogen-bond acceptors (Lipinski definition) is 7. The van der Waals surface area contributed by atoms with Crippen LogP contribution < -0.4 is 15.4 Å². The molecule has 2 aliphatic rings. The summed E-state index contributed by atoms with van der Waals surface area (Å²) in [6, 6.07) is 10.9. The maximum atomic E-state index is 13.0. The molecular weight excluding hydrogens is 450 g/mol. The summed E-state index contributed by atoms with van der Waals surface area (Å²) in [5, 5.41) is 5.15. The first kappa shape index (κ1) is 22.3. The van der Waals surface area contributed by atoms with Crippen LogP contribution in [0, 0.1) is 0 Å². The van der Waals surface area contributed by atoms with Crippen LogP contribution in [0.25, 0.3) is 0 Å². The fourth-order valence-corrected chi connectivity index (χ4v) is 5.31. The summed E-state index contributed by atoms with van der Waals surface area (Å²) in [4.78, 5) is 38.1. The van der Waals surface area contributed by atoms with E-state index >= 15 is 0 Å². The zero-order valence-corrected chi connectivity index (χ0v) is 18.6. The summed E-state index contributed by atoms with van der Waals surface area (Å²) in [7, 11) is -2.65. The van der Waals surface area contributed by atoms with Crippen LogP contribution in [0.3, 0.4) is 0 Å². The highest BCUT2D eigenvalue weighted by Gasteiger charge is 2.43. The predicted molar refractivity (Wildman–Crippen MR) is 116 cm³/mol. The maximum absolute atomic E-state index is 13.0. The summed E-state index contributed by atoms with van der Waals surface area (Å²) in [6.45, 7) is 1.15. The number of hydrogen-bond donors (Lipinski definition) is 2. The van der Waals surface area contributed by atoms with Gasteiger partial charge in [0.2, 0.25) is 0 Å². The summed E-state index contributed by atoms with van der Waals surface area (Å²) in [5.41, 5.74) is 0.538. The molecule has 2 heterocycles. The monoisotopic (exact) mass is 471 g/mol. The minimum absolute atomic E-state index is 0.000531. The van der Waals surface area contributed by atoms with Gasteiger partial charge >= 0.3 is 12.0 Å². The van der Waals surface area contributed by atoms with Crippen LogP contribution in [-0.2, 0) is 19.6 Å². The van der Waals surface area contributed by atoms with Crippen molar-refractivity contribution in [3.8, 4) is 5.75 Å². The largest absolute Gasteiger partial charge is 0.497 e. The number of benzene rings is 2. The summed E-state index contributed by atoms with van der Waals surface area (Å²) >= 11 is 0. The number of esters is 1. The Hall–Kier alpha value is -3.86. The van der Waals surface area contributed by atoms with E-state index in [-0.39, 0.29) is 28.3 Å². The van der Waals surface area contributed by atoms with Gasteiger partial charge in [-0.05, 0) is 36.8 Å². The van der Waals surface area contributed by atoms with Gasteiger partial charge in [-0.25, -0.2) is 22.3 Å². The lowest BCUT2D eigenvalue weighted by Gasteiger charge is -2.30. The second-order valence-electron chi connectivity index (χ2n) is 7.23. The molecule has 2 aromatic carbocycles. The highest BCUT2D eigenvalue weighted by Crippen LogP contribution is 2.33. The van der Waals surface area contributed by atoms with Crippen molar-refractivity contribution in [1.29, 1.82) is 0 Å². The number of carbonyl (C=O) groups excluding carboxylic acids is 3. The Morgan fingerprint density at radius 3 is 2.42 bits per heavy atom. The van der Waals surface area contributed by atoms with Gasteiger partial charge in [0, 0.05) is 0 Å². The number of ether oxygens (including phenoxy) is 2. The summed E-state index contributed by atoms with van der Waals surface area (Å²) in [6.07, 6.45) is 0. The molecule has 0 bridgehead atoms. The van der Waals surface area contributed by atoms with Gasteiger partial charge in [-0.15, -0.1) is 0 Å². The van der Waals surface area contributed by atoms with E-state index in [1.54, 1.807) is 37.3 Å². The summed E-state index contributed by atoms with van der Waals surface area (Å²) < 4.78 is 37.0. The third-order valence-corrected chi connectivity index (χ3v) is 7.10. The van der Waals surface area contributed by atoms with E-state index in [1.165, 1.54) is 25.3 Å². The van der Waals surface area contributed by atoms with E-state index in [2.05, 4.69) is 10.6 Å². The van der Waals surface area contributed by atoms with Crippen molar-refractivity contribution in [3.05, 3.63) is 70.9 Å². The van der Waals surface area contributed by atoms with Crippen LogP contribution in [0.5, 0.6) is 5.75 Å². The van der Waals surface area contributed by atoms with Crippen molar-refractivity contribution in [2.24, 2.45) is 0 Å². The third kappa shape index (κ3) is 3.91. The molecule has 0 saturated heterocycles. The number of rotatable bonds is 6. The Bertz CT molecular complexity index is 1270. The Kier molecular flexibility index (Phi) is 5.81. The van der Waals surface area contributed by atoms with E-state index < -0.39 is 40.5 Å². The van der Waals surface area contributed by atoms with Crippen LogP contribution in [0.2, 0.25) is 0 Å². The molecule has 0 spiro atoms. The molecule has 33 heavy (non-hydrogen) atoms. The Balaban J connectivity index is 1.79. The smallest absolute Gasteiger partial charge is 0.338 e. The topological polar surface area (TPSA) is 131 Å². The highest BCUT2D eigenvalue weighted by molar-refractivity contribution is 7.90. The van der Waals surface area contributed by atoms with E-state index in [9.17, 15) is 22.8 Å². The van der Waals surface area contributed by atoms with Crippen molar-refractivity contribution in [2.75, 3.05) is 20.3 Å². The number of sulfonamides is 1. The van der Waals surface area contributed by atoms with Gasteiger partial charge in [0.25, 0.3) is 15.9 Å². The van der Waals surface area contributed by atoms with Crippen LogP contribution >= 0.6 is 0 Å². The first-order valence-corrected chi connectivity index (χ1v) is 11.5. The van der Waals surface area contributed by atoms with Crippen molar-refractivity contribution in [1.82, 2.24) is 14.9 Å². The number of nitrogens with zero attached hydrogens (tertiary/aromatic N) is 1. The molecule has 2 N–H and O–H groups in total. The van der Waals surface area contributed by atoms with E-state index in [1.807, 2.05) is 0 Å². The lowest BCUT2D eigenvalue weighted by Crippen LogP contribution is -2.49. The zero-order valence-electron chi connectivity index (χ0n) is 17.8. The molecule has 0 fully saturated rings. The first-order chi connectivity index (χ1) is 15.8. The minimum Gasteiger partial charge on any atom is -0.497 e. The number of fused-ring (bicyclic) bond motifs is 1. The number of urea groups is 1. The van der Waals surface area contributed by atoms with Gasteiger partial charge in [-0.3, -0.25) is 4.79 Å². The maximum Gasteiger partial charge on any atom is 0.338 e. The van der Waals surface area contributed by atoms with Gasteiger partial charge < -0.3 is 20.1 Å². The summed E-state index contributed by atoms with van der Waals surface area (Å²) in [5.74, 6) is -0.912. The van der Waals surface area contributed by atoms with Gasteiger partial charge in [0.05, 0.1) is 43.1 Å². The first-order valence-electron chi connectivity index (χ1n) is 10.1. The van der Waals surface area contributed by atoms with Gasteiger partial charge in [-0.1, -0.05) is 24.3 Å². The van der Waals surface area contributed by atoms with E-state index in [4.69, 9.17) is 9.47 Å². The molecule has 1 atom stereocenters. The molecule has 0 aromatic heterocycles. The fraction of sp³-hybridized carbons (Fsp3) is 0.227. The van der Waals surface area contributed by atoms with Crippen molar-refractivity contribution >= 4 is 27.9 Å². The average molecular weight is 471 g/mol. The Morgan fingerprint density at radius 1 is 1.09 bits per heavy atom. The van der Waals surface area contributed by atoms with Crippen LogP contribution in [0.1, 0.15) is 28.9 Å². The molecule has 0 saturated carbocycles. The minimum atomic E-state index is -4.16. The molecule has 4 rings (SSSR count). The van der Waals surface area contributed by atoms with Crippen molar-refractivity contribution in [3.63, 3.8) is 0 Å². The second kappa shape index (κ2) is 8.58. The zero-order chi connectivity index (χ0) is 23.8. The number of amides is 3. The SMILES string of the molecule is CCOC(=O)C1=C(CN2C(=O)c3ccccc3S2(=O)=O)NC(=O)N[C@@H]1c1ccc(OC)cc1. The second-order valence-corrected chi connectivity index (χ2v) is 9.06. The predicted octanol–water partition coefficient (Wildman–Crippen LogP) is 1.71. The van der Waals surface area contributed by atoms with Gasteiger partial charge in [0.15, 0.2) is 0 Å². The number of methoxy groups -OCH3 is 1. The molecule has 10 nitrogen and oxygen atoms in total. The van der Waals surface area contributed by atoms with E-state index in [0.29, 0.717) is 15.6 Å². The molecule has 0 aliphatic carbocycles. The van der Waals surface area contributed by atoms with Crippen molar-refractivity contribution in [2.45, 2.75) is 17.9 Å². The van der Waals surface area contributed by atoms with E-state index in [0.717, 1.165) is 0 Å². The van der Waals surface area contributed by atoms with Crippen LogP contribution in [-0.4, -0.2) is 50.9 Å². The molecule has 2 aliphatic heterocycles. The lowest BCUT2D eigenvalue weighted by molar-refractivity contribution is -0.139. The molecule has 0 unspecified atom stereocenters. The normalized spacial score (nSPS) is 19.0. The number of carbonyl (C=O) groups is 3. The third-order valence-electron chi connectivity index (χ3n) is 5.31. The molecule has 11 heteroatoms. The molecule has 2 aromatic rings. The Labute approximate surface area is 190 Å². The van der Waals surface area contributed by atoms with Gasteiger partial charge in [-0.2, -0.15) is 0 Å². The number of nitrogens with one attached hydrogen (secondary N) is 2. The van der Waals surface area contributed by atoms with Crippen LogP contribution in [0.15, 0.2) is 64.7 Å². The highest BCUT2D eigenvalue weighted by atomic mass is 32.2. The van der Waals surface area contributed by atoms with Gasteiger partial charge in [0.1, 0.15) is 10.6 Å². The Morgan fingerprint density at radius 2 is 1.79 bits per heavy atom. The standard InChI is InChI=1S/C22H21N3O7S/c1-3-32-21(27)18-16(12-25-20(26)15-6-4-5-7-17(15)33(25,29)30)23-22(28)24-19(18)13-8-10-14(31-2)11-9-13/h4-11,19H,3,12H2,1-2H3,(H2,23,24,28)/t19-/m1/s1. The van der Waals surface area contributed by atoms with Crippen molar-refractivity contribution < 1.29 is 32.3 Å². The fourth-order valence-electron chi connectivity index (χ4n) is 3.77. The molecule has 172 valence electrons. The van der Waals surface area contributed by atoms with Crippen LogP contribution in [0.4, 0.5) is 4.79 Å². The molecular formula is C22H21N3O7S.